The summed E-state index contributed by atoms with van der Waals surface area (Å²) in [6.45, 7) is 2.03. The van der Waals surface area contributed by atoms with E-state index < -0.39 is 0 Å². The highest BCUT2D eigenvalue weighted by Crippen LogP contribution is 2.29. The van der Waals surface area contributed by atoms with Crippen molar-refractivity contribution in [1.82, 2.24) is 15.2 Å². The summed E-state index contributed by atoms with van der Waals surface area (Å²) in [5, 5.41) is 9.01. The van der Waals surface area contributed by atoms with E-state index in [9.17, 15) is 0 Å². The molecule has 1 fully saturated rings. The zero-order chi connectivity index (χ0) is 14.9. The Bertz CT molecular complexity index is 784. The molecule has 112 valence electrons. The highest BCUT2D eigenvalue weighted by Gasteiger charge is 2.23. The number of nitrogens with one attached hydrogen (secondary N) is 1. The fourth-order valence-electron chi connectivity index (χ4n) is 3.19. The van der Waals surface area contributed by atoms with Gasteiger partial charge in [-0.2, -0.15) is 5.10 Å². The third kappa shape index (κ3) is 2.55. The number of nitrogens with zero attached hydrogens (tertiary/aromatic N) is 3. The minimum atomic E-state index is 0.499. The van der Waals surface area contributed by atoms with E-state index in [1.54, 1.807) is 0 Å². The van der Waals surface area contributed by atoms with Crippen molar-refractivity contribution in [2.45, 2.75) is 18.8 Å². The molecule has 0 bridgehead atoms. The van der Waals surface area contributed by atoms with Crippen LogP contribution in [0.2, 0.25) is 5.02 Å². The van der Waals surface area contributed by atoms with Crippen LogP contribution in [0.3, 0.4) is 0 Å². The van der Waals surface area contributed by atoms with Crippen LogP contribution in [-0.4, -0.2) is 28.3 Å². The summed E-state index contributed by atoms with van der Waals surface area (Å²) in [6.07, 6.45) is 4.19. The molecular weight excluding hydrogens is 296 g/mol. The molecule has 3 heterocycles. The lowest BCUT2D eigenvalue weighted by Gasteiger charge is -2.33. The third-order valence-corrected chi connectivity index (χ3v) is 4.58. The molecule has 4 rings (SSSR count). The summed E-state index contributed by atoms with van der Waals surface area (Å²) in [4.78, 5) is 7.16. The topological polar surface area (TPSA) is 44.8 Å². The average molecular weight is 313 g/mol. The van der Waals surface area contributed by atoms with Crippen LogP contribution in [-0.2, 0) is 0 Å². The van der Waals surface area contributed by atoms with E-state index in [0.717, 1.165) is 34.8 Å². The van der Waals surface area contributed by atoms with E-state index in [-0.39, 0.29) is 0 Å². The fraction of sp³-hybridized carbons (Fsp3) is 0.294. The number of aromatic amines is 1. The maximum atomic E-state index is 6.04. The van der Waals surface area contributed by atoms with Gasteiger partial charge in [-0.3, -0.25) is 5.10 Å². The Morgan fingerprint density at radius 1 is 1.18 bits per heavy atom. The third-order valence-electron chi connectivity index (χ3n) is 4.34. The number of piperidine rings is 1. The van der Waals surface area contributed by atoms with Crippen molar-refractivity contribution in [3.8, 4) is 0 Å². The average Bonchev–Trinajstić information content (AvgIpc) is 3.09. The standard InChI is InChI=1S/C17H17ClN4/c18-14-4-5-15-12(10-14)3-6-17(20-15)22-9-1-2-13(11-22)16-7-8-19-21-16/h3-8,10,13H,1-2,9,11H2,(H,19,21)/t13-/m0/s1. The van der Waals surface area contributed by atoms with Gasteiger partial charge in [0.05, 0.1) is 5.52 Å². The van der Waals surface area contributed by atoms with Crippen LogP contribution < -0.4 is 4.90 Å². The quantitative estimate of drug-likeness (QED) is 0.778. The van der Waals surface area contributed by atoms with Gasteiger partial charge in [0.2, 0.25) is 0 Å². The molecule has 1 N–H and O–H groups in total. The van der Waals surface area contributed by atoms with Crippen LogP contribution >= 0.6 is 11.6 Å². The Labute approximate surface area is 134 Å². The Morgan fingerprint density at radius 3 is 3.00 bits per heavy atom. The van der Waals surface area contributed by atoms with Crippen molar-refractivity contribution in [1.29, 1.82) is 0 Å². The number of hydrogen-bond acceptors (Lipinski definition) is 3. The number of anilines is 1. The molecule has 22 heavy (non-hydrogen) atoms. The first-order chi connectivity index (χ1) is 10.8. The monoisotopic (exact) mass is 312 g/mol. The van der Waals surface area contributed by atoms with Crippen molar-refractivity contribution in [3.63, 3.8) is 0 Å². The summed E-state index contributed by atoms with van der Waals surface area (Å²) in [6, 6.07) is 12.1. The van der Waals surface area contributed by atoms with E-state index in [0.29, 0.717) is 5.92 Å². The number of pyridine rings is 1. The summed E-state index contributed by atoms with van der Waals surface area (Å²) in [5.41, 5.74) is 2.21. The highest BCUT2D eigenvalue weighted by molar-refractivity contribution is 6.31. The first-order valence-corrected chi connectivity index (χ1v) is 7.98. The lowest BCUT2D eigenvalue weighted by molar-refractivity contribution is 0.498. The van der Waals surface area contributed by atoms with Crippen LogP contribution in [0.4, 0.5) is 5.82 Å². The molecule has 0 amide bonds. The van der Waals surface area contributed by atoms with E-state index >= 15 is 0 Å². The molecule has 1 aliphatic rings. The van der Waals surface area contributed by atoms with E-state index in [4.69, 9.17) is 16.6 Å². The number of hydrogen-bond donors (Lipinski definition) is 1. The van der Waals surface area contributed by atoms with E-state index in [2.05, 4.69) is 33.3 Å². The molecule has 0 saturated carbocycles. The SMILES string of the molecule is Clc1ccc2nc(N3CCC[C@H](c4ccn[nH]4)C3)ccc2c1. The predicted molar refractivity (Wildman–Crippen MR) is 89.5 cm³/mol. The zero-order valence-electron chi connectivity index (χ0n) is 12.2. The molecule has 5 heteroatoms. The van der Waals surface area contributed by atoms with E-state index in [1.807, 2.05) is 24.4 Å². The molecule has 0 unspecified atom stereocenters. The number of rotatable bonds is 2. The number of halogens is 1. The number of aromatic nitrogens is 3. The van der Waals surface area contributed by atoms with E-state index in [1.165, 1.54) is 18.5 Å². The highest BCUT2D eigenvalue weighted by atomic mass is 35.5. The summed E-state index contributed by atoms with van der Waals surface area (Å²) in [5.74, 6) is 1.54. The molecule has 1 saturated heterocycles. The minimum Gasteiger partial charge on any atom is -0.356 e. The van der Waals surface area contributed by atoms with Gasteiger partial charge in [0.15, 0.2) is 0 Å². The van der Waals surface area contributed by atoms with Crippen molar-refractivity contribution < 1.29 is 0 Å². The molecule has 1 atom stereocenters. The van der Waals surface area contributed by atoms with Gasteiger partial charge in [-0.15, -0.1) is 0 Å². The second-order valence-electron chi connectivity index (χ2n) is 5.80. The number of fused-ring (bicyclic) bond motifs is 1. The van der Waals surface area contributed by atoms with Gasteiger partial charge in [-0.05, 0) is 49.2 Å². The maximum Gasteiger partial charge on any atom is 0.129 e. The van der Waals surface area contributed by atoms with Gasteiger partial charge >= 0.3 is 0 Å². The summed E-state index contributed by atoms with van der Waals surface area (Å²) in [7, 11) is 0. The largest absolute Gasteiger partial charge is 0.356 e. The van der Waals surface area contributed by atoms with Gasteiger partial charge < -0.3 is 4.90 Å². The van der Waals surface area contributed by atoms with Crippen molar-refractivity contribution in [2.75, 3.05) is 18.0 Å². The second-order valence-corrected chi connectivity index (χ2v) is 6.24. The minimum absolute atomic E-state index is 0.499. The molecular formula is C17H17ClN4. The second kappa shape index (κ2) is 5.61. The Balaban J connectivity index is 1.62. The lowest BCUT2D eigenvalue weighted by Crippen LogP contribution is -2.35. The van der Waals surface area contributed by atoms with Crippen molar-refractivity contribution in [2.24, 2.45) is 0 Å². The molecule has 0 spiro atoms. The van der Waals surface area contributed by atoms with Crippen LogP contribution in [0.25, 0.3) is 10.9 Å². The normalized spacial score (nSPS) is 18.8. The number of benzene rings is 1. The van der Waals surface area contributed by atoms with Crippen LogP contribution in [0.15, 0.2) is 42.6 Å². The van der Waals surface area contributed by atoms with Crippen molar-refractivity contribution >= 4 is 28.3 Å². The van der Waals surface area contributed by atoms with Gasteiger partial charge in [-0.1, -0.05) is 11.6 Å². The zero-order valence-corrected chi connectivity index (χ0v) is 12.9. The Kier molecular flexibility index (Phi) is 3.47. The molecule has 1 aliphatic heterocycles. The fourth-order valence-corrected chi connectivity index (χ4v) is 3.38. The number of H-pyrrole nitrogens is 1. The van der Waals surface area contributed by atoms with Gasteiger partial charge in [0.1, 0.15) is 5.82 Å². The Morgan fingerprint density at radius 2 is 2.14 bits per heavy atom. The first-order valence-electron chi connectivity index (χ1n) is 7.60. The summed E-state index contributed by atoms with van der Waals surface area (Å²) >= 11 is 6.04. The molecule has 0 radical (unpaired) electrons. The molecule has 4 nitrogen and oxygen atoms in total. The molecule has 3 aromatic rings. The Hall–Kier alpha value is -2.07. The van der Waals surface area contributed by atoms with Crippen LogP contribution in [0.5, 0.6) is 0 Å². The van der Waals surface area contributed by atoms with Crippen LogP contribution in [0.1, 0.15) is 24.5 Å². The van der Waals surface area contributed by atoms with Gasteiger partial charge in [0.25, 0.3) is 0 Å². The van der Waals surface area contributed by atoms with Crippen molar-refractivity contribution in [3.05, 3.63) is 53.3 Å². The smallest absolute Gasteiger partial charge is 0.129 e. The molecule has 1 aromatic carbocycles. The van der Waals surface area contributed by atoms with Gasteiger partial charge in [0, 0.05) is 41.3 Å². The van der Waals surface area contributed by atoms with Crippen LogP contribution in [0, 0.1) is 0 Å². The summed E-state index contributed by atoms with van der Waals surface area (Å²) < 4.78 is 0. The lowest BCUT2D eigenvalue weighted by atomic mass is 9.95. The molecule has 2 aromatic heterocycles. The molecule has 0 aliphatic carbocycles. The first kappa shape index (κ1) is 13.6. The van der Waals surface area contributed by atoms with Gasteiger partial charge in [-0.25, -0.2) is 4.98 Å². The predicted octanol–water partition coefficient (Wildman–Crippen LogP) is 4.00. The maximum absolute atomic E-state index is 6.04.